The van der Waals surface area contributed by atoms with Crippen LogP contribution < -0.4 is 0 Å². The lowest BCUT2D eigenvalue weighted by molar-refractivity contribution is -0.161. The predicted molar refractivity (Wildman–Crippen MR) is 409 cm³/mol. The number of aliphatic hydroxyl groups excluding tert-OH is 1. The molecule has 0 aliphatic carbocycles. The lowest BCUT2D eigenvalue weighted by atomic mass is 10.0. The Hall–Kier alpha value is -1.94. The van der Waals surface area contributed by atoms with Crippen molar-refractivity contribution in [3.8, 4) is 0 Å². The molecule has 0 rings (SSSR count). The van der Waals surface area contributed by atoms with Crippen molar-refractivity contribution in [3.05, 3.63) is 0 Å². The van der Waals surface area contributed by atoms with E-state index in [0.717, 1.165) is 89.9 Å². The average molecular weight is 1470 g/mol. The lowest BCUT2D eigenvalue weighted by Gasteiger charge is -2.21. The highest BCUT2D eigenvalue weighted by Crippen LogP contribution is 2.45. The predicted octanol–water partition coefficient (Wildman–Crippen LogP) is 24.6. The van der Waals surface area contributed by atoms with E-state index in [0.29, 0.717) is 25.7 Å². The van der Waals surface area contributed by atoms with E-state index in [2.05, 4.69) is 27.7 Å². The van der Waals surface area contributed by atoms with Crippen LogP contribution in [0.15, 0.2) is 0 Å². The Labute approximate surface area is 613 Å². The number of esters is 4. The van der Waals surface area contributed by atoms with E-state index in [1.54, 1.807) is 0 Å². The first-order valence-corrected chi connectivity index (χ1v) is 45.3. The van der Waals surface area contributed by atoms with Crippen molar-refractivity contribution in [2.75, 3.05) is 39.6 Å². The fraction of sp³-hybridized carbons (Fsp3) is 0.951. The second-order valence-corrected chi connectivity index (χ2v) is 32.1. The largest absolute Gasteiger partial charge is 0.472 e. The summed E-state index contributed by atoms with van der Waals surface area (Å²) >= 11 is 0. The third-order valence-corrected chi connectivity index (χ3v) is 21.0. The van der Waals surface area contributed by atoms with Crippen molar-refractivity contribution in [3.63, 3.8) is 0 Å². The van der Waals surface area contributed by atoms with Gasteiger partial charge in [-0.05, 0) is 25.7 Å². The van der Waals surface area contributed by atoms with Crippen LogP contribution in [0.4, 0.5) is 0 Å². The molecule has 5 atom stereocenters. The van der Waals surface area contributed by atoms with Crippen LogP contribution in [-0.2, 0) is 65.4 Å². The summed E-state index contributed by atoms with van der Waals surface area (Å²) in [5.41, 5.74) is 0. The van der Waals surface area contributed by atoms with Gasteiger partial charge in [0.25, 0.3) is 0 Å². The molecule has 0 fully saturated rings. The zero-order valence-electron chi connectivity index (χ0n) is 65.2. The Morgan fingerprint density at radius 3 is 0.590 bits per heavy atom. The van der Waals surface area contributed by atoms with Gasteiger partial charge in [0.05, 0.1) is 26.4 Å². The third kappa shape index (κ3) is 74.3. The Kier molecular flexibility index (Phi) is 73.8. The molecule has 2 unspecified atom stereocenters. The fourth-order valence-corrected chi connectivity index (χ4v) is 14.2. The number of phosphoric ester groups is 2. The molecule has 0 aromatic carbocycles. The maximum Gasteiger partial charge on any atom is 0.472 e. The first-order chi connectivity index (χ1) is 48.7. The highest BCUT2D eigenvalue weighted by molar-refractivity contribution is 7.47. The molecule has 0 aliphatic heterocycles. The number of unbranched alkanes of at least 4 members (excludes halogenated alkanes) is 56. The van der Waals surface area contributed by atoms with E-state index in [1.165, 1.54) is 270 Å². The van der Waals surface area contributed by atoms with E-state index in [-0.39, 0.29) is 25.7 Å². The number of rotatable bonds is 82. The van der Waals surface area contributed by atoms with Crippen LogP contribution in [0, 0.1) is 0 Å². The van der Waals surface area contributed by atoms with Crippen LogP contribution in [0.25, 0.3) is 0 Å². The first-order valence-electron chi connectivity index (χ1n) is 42.3. The molecule has 0 radical (unpaired) electrons. The smallest absolute Gasteiger partial charge is 0.462 e. The van der Waals surface area contributed by atoms with Gasteiger partial charge in [0.1, 0.15) is 19.3 Å². The van der Waals surface area contributed by atoms with Gasteiger partial charge in [0, 0.05) is 25.7 Å². The zero-order valence-corrected chi connectivity index (χ0v) is 67.0. The standard InChI is InChI=1S/C81H158O17P2/c1-5-9-13-17-21-25-29-32-35-37-38-39-40-42-45-48-52-56-60-64-68-81(86)98-77(72-92-79(84)66-62-58-54-50-46-44-41-36-33-30-26-22-18-14-10-6-2)74-96-100(89,90)94-70-75(82)69-93-99(87,88)95-73-76(71-91-78(83)65-61-57-53-49-28-24-20-16-12-8-4)97-80(85)67-63-59-55-51-47-43-34-31-27-23-19-15-11-7-3/h75-77,82H,5-74H2,1-4H3,(H,87,88)(H,89,90)/t75-,76+,77+/m0/s1. The fourth-order valence-electron chi connectivity index (χ4n) is 12.6. The molecule has 0 amide bonds. The number of phosphoric acid groups is 2. The molecule has 0 saturated heterocycles. The molecular weight excluding hydrogens is 1310 g/mol. The molecule has 0 bridgehead atoms. The number of hydrogen-bond donors (Lipinski definition) is 3. The van der Waals surface area contributed by atoms with Crippen LogP contribution in [0.1, 0.15) is 439 Å². The molecule has 17 nitrogen and oxygen atoms in total. The molecule has 0 spiro atoms. The number of carbonyl (C=O) groups excluding carboxylic acids is 4. The Balaban J connectivity index is 5.22. The minimum Gasteiger partial charge on any atom is -0.462 e. The number of hydrogen-bond acceptors (Lipinski definition) is 15. The van der Waals surface area contributed by atoms with Crippen LogP contribution >= 0.6 is 15.6 Å². The Morgan fingerprint density at radius 2 is 0.400 bits per heavy atom. The summed E-state index contributed by atoms with van der Waals surface area (Å²) in [4.78, 5) is 73.0. The van der Waals surface area contributed by atoms with Crippen LogP contribution in [-0.4, -0.2) is 96.7 Å². The summed E-state index contributed by atoms with van der Waals surface area (Å²) in [5.74, 6) is -2.10. The third-order valence-electron chi connectivity index (χ3n) is 19.1. The molecule has 0 aromatic heterocycles. The minimum absolute atomic E-state index is 0.109. The number of carbonyl (C=O) groups is 4. The highest BCUT2D eigenvalue weighted by Gasteiger charge is 2.30. The van der Waals surface area contributed by atoms with Crippen LogP contribution in [0.2, 0.25) is 0 Å². The van der Waals surface area contributed by atoms with Crippen molar-refractivity contribution in [2.45, 2.75) is 457 Å². The van der Waals surface area contributed by atoms with Gasteiger partial charge in [0.2, 0.25) is 0 Å². The van der Waals surface area contributed by atoms with Crippen LogP contribution in [0.5, 0.6) is 0 Å². The SMILES string of the molecule is CCCCCCCCCCCCCCCCCCCCCCC(=O)O[C@H](COC(=O)CCCCCCCCCCCCCCCCCC)COP(=O)(O)OC[C@@H](O)COP(=O)(O)OC[C@@H](COC(=O)CCCCCCCCCCCC)OC(=O)CCCCCCCCCCCCCCCC. The van der Waals surface area contributed by atoms with Gasteiger partial charge in [-0.1, -0.05) is 387 Å². The van der Waals surface area contributed by atoms with Gasteiger partial charge in [0.15, 0.2) is 12.2 Å². The molecular formula is C81H158O17P2. The summed E-state index contributed by atoms with van der Waals surface area (Å²) in [7, 11) is -9.92. The molecule has 0 aromatic rings. The van der Waals surface area contributed by atoms with E-state index in [1.807, 2.05) is 0 Å². The monoisotopic (exact) mass is 1470 g/mol. The van der Waals surface area contributed by atoms with E-state index >= 15 is 0 Å². The molecule has 100 heavy (non-hydrogen) atoms. The van der Waals surface area contributed by atoms with Gasteiger partial charge < -0.3 is 33.8 Å². The molecule has 19 heteroatoms. The van der Waals surface area contributed by atoms with Crippen molar-refractivity contribution >= 4 is 39.5 Å². The van der Waals surface area contributed by atoms with Crippen LogP contribution in [0.3, 0.4) is 0 Å². The van der Waals surface area contributed by atoms with E-state index < -0.39 is 97.5 Å². The maximum atomic E-state index is 13.1. The lowest BCUT2D eigenvalue weighted by Crippen LogP contribution is -2.30. The first kappa shape index (κ1) is 98.1. The minimum atomic E-state index is -4.96. The van der Waals surface area contributed by atoms with Gasteiger partial charge >= 0.3 is 39.5 Å². The summed E-state index contributed by atoms with van der Waals surface area (Å²) in [6.07, 6.45) is 67.9. The van der Waals surface area contributed by atoms with E-state index in [9.17, 15) is 43.2 Å². The van der Waals surface area contributed by atoms with Gasteiger partial charge in [-0.15, -0.1) is 0 Å². The normalized spacial score (nSPS) is 13.8. The second kappa shape index (κ2) is 75.3. The molecule has 594 valence electrons. The Bertz CT molecular complexity index is 1890. The quantitative estimate of drug-likeness (QED) is 0.0222. The van der Waals surface area contributed by atoms with Crippen molar-refractivity contribution in [1.82, 2.24) is 0 Å². The van der Waals surface area contributed by atoms with Crippen molar-refractivity contribution in [2.24, 2.45) is 0 Å². The highest BCUT2D eigenvalue weighted by atomic mass is 31.2. The molecule has 0 saturated carbocycles. The van der Waals surface area contributed by atoms with Gasteiger partial charge in [-0.3, -0.25) is 37.3 Å². The summed E-state index contributed by atoms with van der Waals surface area (Å²) < 4.78 is 68.7. The topological polar surface area (TPSA) is 237 Å². The van der Waals surface area contributed by atoms with E-state index in [4.69, 9.17) is 37.0 Å². The summed E-state index contributed by atoms with van der Waals surface area (Å²) in [5, 5.41) is 10.6. The Morgan fingerprint density at radius 1 is 0.240 bits per heavy atom. The second-order valence-electron chi connectivity index (χ2n) is 29.2. The number of ether oxygens (including phenoxy) is 4. The van der Waals surface area contributed by atoms with Crippen molar-refractivity contribution < 1.29 is 80.2 Å². The molecule has 0 aliphatic rings. The summed E-state index contributed by atoms with van der Waals surface area (Å²) in [6, 6.07) is 0. The van der Waals surface area contributed by atoms with Gasteiger partial charge in [-0.25, -0.2) is 9.13 Å². The summed E-state index contributed by atoms with van der Waals surface area (Å²) in [6.45, 7) is 5.02. The zero-order chi connectivity index (χ0) is 73.2. The van der Waals surface area contributed by atoms with Gasteiger partial charge in [-0.2, -0.15) is 0 Å². The molecule has 3 N–H and O–H groups in total. The molecule has 0 heterocycles. The average Bonchev–Trinajstić information content (AvgIpc) is 0.986. The van der Waals surface area contributed by atoms with Crippen molar-refractivity contribution in [1.29, 1.82) is 0 Å². The maximum absolute atomic E-state index is 13.1. The number of aliphatic hydroxyl groups is 1.